The van der Waals surface area contributed by atoms with Gasteiger partial charge in [-0.25, -0.2) is 4.98 Å². The minimum absolute atomic E-state index is 0. The highest BCUT2D eigenvalue weighted by atomic mass is 35.5. The molecule has 3 heterocycles. The number of halogens is 2. The van der Waals surface area contributed by atoms with Crippen LogP contribution in [0.15, 0.2) is 24.8 Å². The monoisotopic (exact) mass is 348 g/mol. The summed E-state index contributed by atoms with van der Waals surface area (Å²) in [6, 6.07) is -0.114. The highest BCUT2D eigenvalue weighted by molar-refractivity contribution is 5.85. The van der Waals surface area contributed by atoms with Crippen molar-refractivity contribution in [3.8, 4) is 0 Å². The van der Waals surface area contributed by atoms with Gasteiger partial charge in [0.25, 0.3) is 0 Å². The Morgan fingerprint density at radius 1 is 1.18 bits per heavy atom. The van der Waals surface area contributed by atoms with Crippen molar-refractivity contribution in [3.63, 3.8) is 0 Å². The van der Waals surface area contributed by atoms with Gasteiger partial charge in [-0.15, -0.1) is 24.8 Å². The zero-order valence-corrected chi connectivity index (χ0v) is 13.9. The van der Waals surface area contributed by atoms with Crippen LogP contribution in [-0.2, 0) is 11.3 Å². The van der Waals surface area contributed by atoms with Crippen molar-refractivity contribution in [2.45, 2.75) is 12.6 Å². The molecular formula is C13H22Cl2N6O. The van der Waals surface area contributed by atoms with Crippen LogP contribution in [0.4, 0.5) is 0 Å². The molecule has 0 saturated carbocycles. The molecule has 124 valence electrons. The van der Waals surface area contributed by atoms with E-state index in [4.69, 9.17) is 0 Å². The Morgan fingerprint density at radius 3 is 2.55 bits per heavy atom. The van der Waals surface area contributed by atoms with Crippen molar-refractivity contribution in [2.24, 2.45) is 0 Å². The predicted molar refractivity (Wildman–Crippen MR) is 88.5 cm³/mol. The quantitative estimate of drug-likeness (QED) is 0.763. The normalized spacial score (nSPS) is 21.3. The fourth-order valence-electron chi connectivity index (χ4n) is 2.62. The average Bonchev–Trinajstić information content (AvgIpc) is 3.18. The summed E-state index contributed by atoms with van der Waals surface area (Å²) >= 11 is 0. The molecule has 1 aromatic heterocycles. The number of piperazine rings is 1. The lowest BCUT2D eigenvalue weighted by Gasteiger charge is -2.35. The van der Waals surface area contributed by atoms with Crippen LogP contribution in [0.1, 0.15) is 0 Å². The van der Waals surface area contributed by atoms with E-state index in [0.717, 1.165) is 45.8 Å². The molecule has 1 N–H and O–H groups in total. The molecule has 0 spiro atoms. The first-order chi connectivity index (χ1) is 9.83. The van der Waals surface area contributed by atoms with Gasteiger partial charge in [-0.2, -0.15) is 5.10 Å². The fourth-order valence-corrected chi connectivity index (χ4v) is 2.62. The maximum Gasteiger partial charge on any atom is 0.243 e. The van der Waals surface area contributed by atoms with Crippen LogP contribution in [0.25, 0.3) is 0 Å². The van der Waals surface area contributed by atoms with Gasteiger partial charge in [-0.05, 0) is 0 Å². The molecular weight excluding hydrogens is 327 g/mol. The van der Waals surface area contributed by atoms with Gasteiger partial charge in [0.15, 0.2) is 0 Å². The van der Waals surface area contributed by atoms with Crippen LogP contribution in [0, 0.1) is 0 Å². The van der Waals surface area contributed by atoms with Gasteiger partial charge in [0, 0.05) is 39.3 Å². The van der Waals surface area contributed by atoms with Crippen LogP contribution in [0.5, 0.6) is 0 Å². The Hall–Kier alpha value is -1.15. The summed E-state index contributed by atoms with van der Waals surface area (Å²) in [5.74, 6) is 0.203. The second-order valence-electron chi connectivity index (χ2n) is 5.14. The lowest BCUT2D eigenvalue weighted by atomic mass is 10.2. The highest BCUT2D eigenvalue weighted by Gasteiger charge is 2.26. The second kappa shape index (κ2) is 9.09. The molecule has 0 bridgehead atoms. The van der Waals surface area contributed by atoms with Crippen molar-refractivity contribution < 1.29 is 4.79 Å². The van der Waals surface area contributed by atoms with Gasteiger partial charge < -0.3 is 4.90 Å². The predicted octanol–water partition coefficient (Wildman–Crippen LogP) is -0.206. The van der Waals surface area contributed by atoms with Crippen LogP contribution in [0.3, 0.4) is 0 Å². The van der Waals surface area contributed by atoms with Crippen molar-refractivity contribution in [2.75, 3.05) is 39.3 Å². The molecule has 2 aliphatic heterocycles. The summed E-state index contributed by atoms with van der Waals surface area (Å²) in [6.07, 6.45) is 7.26. The van der Waals surface area contributed by atoms with Gasteiger partial charge in [0.2, 0.25) is 5.91 Å². The number of amides is 1. The van der Waals surface area contributed by atoms with E-state index in [1.807, 2.05) is 21.7 Å². The molecule has 3 rings (SSSR count). The van der Waals surface area contributed by atoms with E-state index in [2.05, 4.69) is 20.3 Å². The largest absolute Gasteiger partial charge is 0.338 e. The average molecular weight is 349 g/mol. The van der Waals surface area contributed by atoms with E-state index in [-0.39, 0.29) is 36.8 Å². The number of nitrogens with one attached hydrogen (secondary N) is 1. The molecule has 0 aliphatic carbocycles. The lowest BCUT2D eigenvalue weighted by molar-refractivity contribution is -0.133. The minimum atomic E-state index is -0.114. The number of hydrogen-bond acceptors (Lipinski definition) is 5. The van der Waals surface area contributed by atoms with Gasteiger partial charge in [0.05, 0.1) is 6.54 Å². The SMILES string of the molecule is Cl.Cl.O=C(C1C=CCN1)N1CCN(CCn2cncn2)CC1. The molecule has 0 aromatic carbocycles. The summed E-state index contributed by atoms with van der Waals surface area (Å²) in [6.45, 7) is 6.07. The number of carbonyl (C=O) groups excluding carboxylic acids is 1. The van der Waals surface area contributed by atoms with Crippen LogP contribution in [-0.4, -0.2) is 75.8 Å². The van der Waals surface area contributed by atoms with Gasteiger partial charge in [0.1, 0.15) is 18.7 Å². The van der Waals surface area contributed by atoms with Crippen molar-refractivity contribution in [1.82, 2.24) is 29.9 Å². The van der Waals surface area contributed by atoms with Crippen molar-refractivity contribution in [3.05, 3.63) is 24.8 Å². The van der Waals surface area contributed by atoms with Crippen LogP contribution in [0.2, 0.25) is 0 Å². The first-order valence-corrected chi connectivity index (χ1v) is 7.06. The van der Waals surface area contributed by atoms with E-state index in [0.29, 0.717) is 0 Å². The van der Waals surface area contributed by atoms with Crippen molar-refractivity contribution in [1.29, 1.82) is 0 Å². The summed E-state index contributed by atoms with van der Waals surface area (Å²) in [7, 11) is 0. The molecule has 1 saturated heterocycles. The molecule has 1 aromatic rings. The van der Waals surface area contributed by atoms with Gasteiger partial charge in [-0.1, -0.05) is 12.2 Å². The Kier molecular flexibility index (Phi) is 7.81. The van der Waals surface area contributed by atoms with E-state index in [9.17, 15) is 4.79 Å². The lowest BCUT2D eigenvalue weighted by Crippen LogP contribution is -2.53. The zero-order chi connectivity index (χ0) is 13.8. The minimum Gasteiger partial charge on any atom is -0.338 e. The third-order valence-corrected chi connectivity index (χ3v) is 3.85. The molecule has 1 atom stereocenters. The molecule has 1 fully saturated rings. The third kappa shape index (κ3) is 4.67. The van der Waals surface area contributed by atoms with E-state index in [1.165, 1.54) is 0 Å². The van der Waals surface area contributed by atoms with Gasteiger partial charge in [-0.3, -0.25) is 19.7 Å². The Bertz CT molecular complexity index is 473. The third-order valence-electron chi connectivity index (χ3n) is 3.85. The van der Waals surface area contributed by atoms with E-state index in [1.54, 1.807) is 12.7 Å². The molecule has 7 nitrogen and oxygen atoms in total. The molecule has 0 radical (unpaired) electrons. The first kappa shape index (κ1) is 18.9. The zero-order valence-electron chi connectivity index (χ0n) is 12.3. The number of hydrogen-bond donors (Lipinski definition) is 1. The smallest absolute Gasteiger partial charge is 0.243 e. The van der Waals surface area contributed by atoms with Gasteiger partial charge >= 0.3 is 0 Å². The first-order valence-electron chi connectivity index (χ1n) is 7.06. The Morgan fingerprint density at radius 2 is 1.95 bits per heavy atom. The number of aromatic nitrogens is 3. The standard InChI is InChI=1S/C13H20N6O.2ClH/c20-13(12-2-1-3-15-12)18-7-4-17(5-8-18)6-9-19-11-14-10-16-19;;/h1-2,10-12,15H,3-9H2;2*1H. The molecule has 2 aliphatic rings. The molecule has 9 heteroatoms. The Balaban J connectivity index is 0.00000121. The molecule has 1 unspecified atom stereocenters. The topological polar surface area (TPSA) is 66.3 Å². The molecule has 22 heavy (non-hydrogen) atoms. The van der Waals surface area contributed by atoms with E-state index >= 15 is 0 Å². The van der Waals surface area contributed by atoms with Crippen LogP contribution >= 0.6 is 24.8 Å². The van der Waals surface area contributed by atoms with E-state index < -0.39 is 0 Å². The summed E-state index contributed by atoms with van der Waals surface area (Å²) in [4.78, 5) is 20.5. The number of carbonyl (C=O) groups is 1. The Labute approximate surface area is 142 Å². The highest BCUT2D eigenvalue weighted by Crippen LogP contribution is 2.07. The summed E-state index contributed by atoms with van der Waals surface area (Å²) < 4.78 is 1.84. The fraction of sp³-hybridized carbons (Fsp3) is 0.615. The molecule has 1 amide bonds. The maximum atomic E-state index is 12.2. The number of rotatable bonds is 4. The second-order valence-corrected chi connectivity index (χ2v) is 5.14. The van der Waals surface area contributed by atoms with Crippen LogP contribution < -0.4 is 5.32 Å². The summed E-state index contributed by atoms with van der Waals surface area (Å²) in [5.41, 5.74) is 0. The maximum absolute atomic E-state index is 12.2. The number of nitrogens with zero attached hydrogens (tertiary/aromatic N) is 5. The summed E-state index contributed by atoms with van der Waals surface area (Å²) in [5, 5.41) is 7.27. The van der Waals surface area contributed by atoms with Crippen molar-refractivity contribution >= 4 is 30.7 Å².